The predicted octanol–water partition coefficient (Wildman–Crippen LogP) is 4.17. The van der Waals surface area contributed by atoms with Crippen LogP contribution < -0.4 is 4.74 Å². The minimum absolute atomic E-state index is 0.00951. The summed E-state index contributed by atoms with van der Waals surface area (Å²) in [5.41, 5.74) is 2.51. The number of ether oxygens (including phenoxy) is 1. The molecule has 0 saturated carbocycles. The quantitative estimate of drug-likeness (QED) is 0.345. The molecule has 1 aliphatic heterocycles. The van der Waals surface area contributed by atoms with Gasteiger partial charge in [-0.1, -0.05) is 12.1 Å². The van der Waals surface area contributed by atoms with E-state index in [4.69, 9.17) is 4.74 Å². The molecule has 0 spiro atoms. The van der Waals surface area contributed by atoms with Crippen molar-refractivity contribution >= 4 is 17.4 Å². The number of nitrogens with zero attached hydrogens (tertiary/aromatic N) is 2. The first-order chi connectivity index (χ1) is 16.0. The van der Waals surface area contributed by atoms with Crippen molar-refractivity contribution in [2.45, 2.75) is 46.3 Å². The highest BCUT2D eigenvalue weighted by molar-refractivity contribution is 6.46. The number of phenolic OH excluding ortho intramolecular Hbond substituents is 1. The van der Waals surface area contributed by atoms with Gasteiger partial charge >= 0.3 is 0 Å². The molecular weight excluding hydrogens is 432 g/mol. The van der Waals surface area contributed by atoms with Crippen LogP contribution in [-0.2, 0) is 9.59 Å². The summed E-state index contributed by atoms with van der Waals surface area (Å²) in [6.45, 7) is 8.68. The van der Waals surface area contributed by atoms with Gasteiger partial charge < -0.3 is 24.7 Å². The van der Waals surface area contributed by atoms with Gasteiger partial charge in [-0.25, -0.2) is 0 Å². The monoisotopic (exact) mass is 466 g/mol. The highest BCUT2D eigenvalue weighted by atomic mass is 16.5. The van der Waals surface area contributed by atoms with Crippen LogP contribution in [-0.4, -0.2) is 65.0 Å². The fourth-order valence-electron chi connectivity index (χ4n) is 4.15. The Morgan fingerprint density at radius 1 is 1.09 bits per heavy atom. The van der Waals surface area contributed by atoms with E-state index in [1.807, 2.05) is 46.7 Å². The van der Waals surface area contributed by atoms with Gasteiger partial charge in [0.15, 0.2) is 0 Å². The van der Waals surface area contributed by atoms with Gasteiger partial charge in [0.1, 0.15) is 17.3 Å². The van der Waals surface area contributed by atoms with Crippen molar-refractivity contribution in [3.63, 3.8) is 0 Å². The molecule has 34 heavy (non-hydrogen) atoms. The largest absolute Gasteiger partial charge is 0.507 e. The number of Topliss-reactive ketones (excluding diaryl/α,β-unsaturated/α-hetero) is 1. The lowest BCUT2D eigenvalue weighted by Crippen LogP contribution is -2.32. The number of aromatic hydroxyl groups is 1. The zero-order valence-corrected chi connectivity index (χ0v) is 20.8. The number of ketones is 1. The first-order valence-electron chi connectivity index (χ1n) is 11.5. The molecule has 0 aromatic heterocycles. The number of carbonyl (C=O) groups excluding carboxylic acids is 2. The molecular formula is C27H34N2O5. The maximum absolute atomic E-state index is 13.2. The maximum Gasteiger partial charge on any atom is 0.295 e. The number of amides is 1. The first-order valence-corrected chi connectivity index (χ1v) is 11.5. The van der Waals surface area contributed by atoms with Crippen molar-refractivity contribution in [3.8, 4) is 11.5 Å². The van der Waals surface area contributed by atoms with E-state index in [0.717, 1.165) is 17.7 Å². The van der Waals surface area contributed by atoms with Gasteiger partial charge in [0.25, 0.3) is 11.7 Å². The molecule has 1 saturated heterocycles. The SMILES string of the molecule is Cc1cc(O)c(C(O)=C2C(=O)C(=O)N(CCCN(C)C)[C@H]2c2ccc(OC(C)C)cc2)cc1C. The van der Waals surface area contributed by atoms with E-state index in [2.05, 4.69) is 0 Å². The topological polar surface area (TPSA) is 90.3 Å². The Morgan fingerprint density at radius 3 is 2.29 bits per heavy atom. The van der Waals surface area contributed by atoms with Crippen LogP contribution in [0, 0.1) is 13.8 Å². The molecule has 0 aliphatic carbocycles. The van der Waals surface area contributed by atoms with Gasteiger partial charge in [0.05, 0.1) is 23.3 Å². The zero-order valence-electron chi connectivity index (χ0n) is 20.8. The third-order valence-corrected chi connectivity index (χ3v) is 5.98. The average molecular weight is 467 g/mol. The number of likely N-dealkylation sites (tertiary alicyclic amines) is 1. The van der Waals surface area contributed by atoms with E-state index < -0.39 is 17.7 Å². The Hall–Kier alpha value is -3.32. The summed E-state index contributed by atoms with van der Waals surface area (Å²) in [4.78, 5) is 29.7. The number of hydrogen-bond acceptors (Lipinski definition) is 6. The van der Waals surface area contributed by atoms with Crippen LogP contribution in [0.2, 0.25) is 0 Å². The lowest BCUT2D eigenvalue weighted by atomic mass is 9.93. The molecule has 7 nitrogen and oxygen atoms in total. The number of aryl methyl sites for hydroxylation is 2. The van der Waals surface area contributed by atoms with Gasteiger partial charge in [0.2, 0.25) is 0 Å². The second-order valence-corrected chi connectivity index (χ2v) is 9.34. The van der Waals surface area contributed by atoms with E-state index in [0.29, 0.717) is 24.3 Å². The lowest BCUT2D eigenvalue weighted by molar-refractivity contribution is -0.139. The van der Waals surface area contributed by atoms with Crippen molar-refractivity contribution < 1.29 is 24.5 Å². The fraction of sp³-hybridized carbons (Fsp3) is 0.407. The van der Waals surface area contributed by atoms with Crippen LogP contribution in [0.3, 0.4) is 0 Å². The Bertz CT molecular complexity index is 1100. The molecule has 7 heteroatoms. The van der Waals surface area contributed by atoms with Crippen molar-refractivity contribution in [1.29, 1.82) is 0 Å². The maximum atomic E-state index is 13.2. The molecule has 1 aliphatic rings. The van der Waals surface area contributed by atoms with Crippen molar-refractivity contribution in [1.82, 2.24) is 9.80 Å². The molecule has 1 atom stereocenters. The fourth-order valence-corrected chi connectivity index (χ4v) is 4.15. The van der Waals surface area contributed by atoms with E-state index in [-0.39, 0.29) is 28.7 Å². The number of phenols is 1. The minimum atomic E-state index is -0.767. The van der Waals surface area contributed by atoms with Crippen molar-refractivity contribution in [2.24, 2.45) is 0 Å². The lowest BCUT2D eigenvalue weighted by Gasteiger charge is -2.26. The highest BCUT2D eigenvalue weighted by Gasteiger charge is 2.46. The van der Waals surface area contributed by atoms with Crippen LogP contribution in [0.1, 0.15) is 48.6 Å². The predicted molar refractivity (Wildman–Crippen MR) is 132 cm³/mol. The summed E-state index contributed by atoms with van der Waals surface area (Å²) < 4.78 is 5.73. The Kier molecular flexibility index (Phi) is 7.67. The smallest absolute Gasteiger partial charge is 0.295 e. The van der Waals surface area contributed by atoms with Gasteiger partial charge in [-0.15, -0.1) is 0 Å². The molecule has 0 bridgehead atoms. The van der Waals surface area contributed by atoms with Gasteiger partial charge in [-0.05, 0) is 95.7 Å². The van der Waals surface area contributed by atoms with E-state index in [9.17, 15) is 19.8 Å². The van der Waals surface area contributed by atoms with Crippen LogP contribution >= 0.6 is 0 Å². The van der Waals surface area contributed by atoms with E-state index >= 15 is 0 Å². The summed E-state index contributed by atoms with van der Waals surface area (Å²) in [5.74, 6) is -1.25. The van der Waals surface area contributed by atoms with Gasteiger partial charge in [-0.2, -0.15) is 0 Å². The van der Waals surface area contributed by atoms with Crippen molar-refractivity contribution in [3.05, 3.63) is 64.2 Å². The summed E-state index contributed by atoms with van der Waals surface area (Å²) in [6.07, 6.45) is 0.676. The molecule has 1 heterocycles. The molecule has 1 amide bonds. The molecule has 182 valence electrons. The molecule has 2 N–H and O–H groups in total. The number of hydrogen-bond donors (Lipinski definition) is 2. The Morgan fingerprint density at radius 2 is 1.71 bits per heavy atom. The van der Waals surface area contributed by atoms with Crippen LogP contribution in [0.15, 0.2) is 42.0 Å². The number of aliphatic hydroxyl groups excluding tert-OH is 1. The molecule has 1 fully saturated rings. The molecule has 2 aromatic carbocycles. The molecule has 0 unspecified atom stereocenters. The Balaban J connectivity index is 2.12. The summed E-state index contributed by atoms with van der Waals surface area (Å²) >= 11 is 0. The summed E-state index contributed by atoms with van der Waals surface area (Å²) in [7, 11) is 3.89. The standard InChI is InChI=1S/C27H34N2O5/c1-16(2)34-20-10-8-19(9-11-20)24-23(25(31)21-14-17(3)18(4)15-22(21)30)26(32)27(33)29(24)13-7-12-28(5)6/h8-11,14-16,24,30-31H,7,12-13H2,1-6H3/t24-/m0/s1. The third-order valence-electron chi connectivity index (χ3n) is 5.98. The number of benzene rings is 2. The summed E-state index contributed by atoms with van der Waals surface area (Å²) in [5, 5.41) is 21.7. The minimum Gasteiger partial charge on any atom is -0.507 e. The van der Waals surface area contributed by atoms with Crippen LogP contribution in [0.4, 0.5) is 0 Å². The van der Waals surface area contributed by atoms with Gasteiger partial charge in [0, 0.05) is 6.54 Å². The highest BCUT2D eigenvalue weighted by Crippen LogP contribution is 2.41. The average Bonchev–Trinajstić information content (AvgIpc) is 3.01. The Labute approximate surface area is 201 Å². The molecule has 2 aromatic rings. The van der Waals surface area contributed by atoms with Crippen molar-refractivity contribution in [2.75, 3.05) is 27.2 Å². The van der Waals surface area contributed by atoms with Gasteiger partial charge in [-0.3, -0.25) is 9.59 Å². The second-order valence-electron chi connectivity index (χ2n) is 9.34. The number of rotatable bonds is 8. The first kappa shape index (κ1) is 25.3. The molecule has 3 rings (SSSR count). The van der Waals surface area contributed by atoms with E-state index in [1.54, 1.807) is 36.4 Å². The number of aliphatic hydroxyl groups is 1. The second kappa shape index (κ2) is 10.3. The zero-order chi connectivity index (χ0) is 25.2. The number of carbonyl (C=O) groups is 2. The normalized spacial score (nSPS) is 17.8. The van der Waals surface area contributed by atoms with Crippen LogP contribution in [0.5, 0.6) is 11.5 Å². The summed E-state index contributed by atoms with van der Waals surface area (Å²) in [6, 6.07) is 9.62. The third kappa shape index (κ3) is 5.25. The van der Waals surface area contributed by atoms with Crippen LogP contribution in [0.25, 0.3) is 5.76 Å². The molecule has 0 radical (unpaired) electrons. The van der Waals surface area contributed by atoms with E-state index in [1.165, 1.54) is 4.90 Å².